The van der Waals surface area contributed by atoms with Gasteiger partial charge in [0, 0.05) is 17.1 Å². The summed E-state index contributed by atoms with van der Waals surface area (Å²) >= 11 is 6.28. The van der Waals surface area contributed by atoms with E-state index in [1.54, 1.807) is 4.68 Å². The molecule has 0 atom stereocenters. The number of hydrogen-bond acceptors (Lipinski definition) is 3. The Labute approximate surface area is 211 Å². The highest BCUT2D eigenvalue weighted by molar-refractivity contribution is 6.30. The third kappa shape index (κ3) is 5.92. The van der Waals surface area contributed by atoms with E-state index in [0.717, 1.165) is 22.5 Å². The number of hydrogen-bond donors (Lipinski definition) is 0. The van der Waals surface area contributed by atoms with Gasteiger partial charge in [0.05, 0.1) is 23.5 Å². The molecule has 0 radical (unpaired) electrons. The van der Waals surface area contributed by atoms with Crippen molar-refractivity contribution in [2.24, 2.45) is 5.92 Å². The van der Waals surface area contributed by atoms with Gasteiger partial charge < -0.3 is 9.64 Å². The molecular weight excluding hydrogens is 458 g/mol. The van der Waals surface area contributed by atoms with Gasteiger partial charge in [-0.2, -0.15) is 5.10 Å². The van der Waals surface area contributed by atoms with Crippen LogP contribution in [0, 0.1) is 19.8 Å². The third-order valence-corrected chi connectivity index (χ3v) is 5.90. The standard InChI is InChI=1S/C29H30ClN3O2/c1-20(2)18-32(28(34)23-15-13-21(3)14-16-23)19-27-22(4)31-33(25-10-8-9-24(30)17-25)29(27)35-26-11-6-5-7-12-26/h5-17,20H,18-19H2,1-4H3. The first kappa shape index (κ1) is 24.6. The van der Waals surface area contributed by atoms with Crippen molar-refractivity contribution in [2.45, 2.75) is 34.2 Å². The molecule has 0 aliphatic rings. The highest BCUT2D eigenvalue weighted by Crippen LogP contribution is 2.32. The number of para-hydroxylation sites is 1. The van der Waals surface area contributed by atoms with E-state index in [0.29, 0.717) is 41.2 Å². The number of benzene rings is 3. The number of aromatic nitrogens is 2. The van der Waals surface area contributed by atoms with Crippen LogP contribution < -0.4 is 4.74 Å². The van der Waals surface area contributed by atoms with Crippen molar-refractivity contribution < 1.29 is 9.53 Å². The predicted octanol–water partition coefficient (Wildman–Crippen LogP) is 7.23. The minimum absolute atomic E-state index is 0.0146. The Balaban J connectivity index is 1.77. The van der Waals surface area contributed by atoms with E-state index < -0.39 is 0 Å². The maximum Gasteiger partial charge on any atom is 0.254 e. The number of carbonyl (C=O) groups excluding carboxylic acids is 1. The van der Waals surface area contributed by atoms with Gasteiger partial charge >= 0.3 is 0 Å². The highest BCUT2D eigenvalue weighted by Gasteiger charge is 2.25. The summed E-state index contributed by atoms with van der Waals surface area (Å²) < 4.78 is 8.14. The second kappa shape index (κ2) is 10.8. The molecular formula is C29H30ClN3O2. The van der Waals surface area contributed by atoms with E-state index in [1.807, 2.05) is 97.6 Å². The van der Waals surface area contributed by atoms with Crippen LogP contribution in [0.1, 0.15) is 41.0 Å². The minimum atomic E-state index is -0.0146. The van der Waals surface area contributed by atoms with Crippen LogP contribution >= 0.6 is 11.6 Å². The molecule has 4 aromatic rings. The lowest BCUT2D eigenvalue weighted by atomic mass is 10.1. The van der Waals surface area contributed by atoms with E-state index in [1.165, 1.54) is 0 Å². The topological polar surface area (TPSA) is 47.4 Å². The number of amides is 1. The van der Waals surface area contributed by atoms with Gasteiger partial charge in [0.1, 0.15) is 5.75 Å². The molecule has 0 fully saturated rings. The van der Waals surface area contributed by atoms with Crippen molar-refractivity contribution in [1.82, 2.24) is 14.7 Å². The van der Waals surface area contributed by atoms with Gasteiger partial charge in [0.15, 0.2) is 0 Å². The molecule has 3 aromatic carbocycles. The Bertz CT molecular complexity index is 1300. The number of nitrogens with zero attached hydrogens (tertiary/aromatic N) is 3. The maximum absolute atomic E-state index is 13.5. The smallest absolute Gasteiger partial charge is 0.254 e. The molecule has 0 N–H and O–H groups in total. The number of rotatable bonds is 8. The number of halogens is 1. The van der Waals surface area contributed by atoms with Gasteiger partial charge in [-0.3, -0.25) is 4.79 Å². The zero-order valence-electron chi connectivity index (χ0n) is 20.5. The van der Waals surface area contributed by atoms with Crippen LogP contribution in [0.5, 0.6) is 11.6 Å². The fourth-order valence-electron chi connectivity index (χ4n) is 3.94. The Morgan fingerprint density at radius 2 is 1.71 bits per heavy atom. The summed E-state index contributed by atoms with van der Waals surface area (Å²) in [6, 6.07) is 24.8. The van der Waals surface area contributed by atoms with E-state index in [-0.39, 0.29) is 5.91 Å². The molecule has 0 aliphatic heterocycles. The van der Waals surface area contributed by atoms with Crippen LogP contribution in [0.25, 0.3) is 5.69 Å². The zero-order chi connectivity index (χ0) is 24.9. The quantitative estimate of drug-likeness (QED) is 0.263. The van der Waals surface area contributed by atoms with Crippen molar-refractivity contribution >= 4 is 17.5 Å². The number of ether oxygens (including phenoxy) is 1. The van der Waals surface area contributed by atoms with Crippen LogP contribution in [0.3, 0.4) is 0 Å². The maximum atomic E-state index is 13.5. The first-order valence-electron chi connectivity index (χ1n) is 11.7. The molecule has 0 bridgehead atoms. The lowest BCUT2D eigenvalue weighted by Crippen LogP contribution is -2.34. The van der Waals surface area contributed by atoms with Crippen LogP contribution in [0.15, 0.2) is 78.9 Å². The highest BCUT2D eigenvalue weighted by atomic mass is 35.5. The SMILES string of the molecule is Cc1ccc(C(=O)N(Cc2c(C)nn(-c3cccc(Cl)c3)c2Oc2ccccc2)CC(C)C)cc1. The van der Waals surface area contributed by atoms with E-state index in [2.05, 4.69) is 13.8 Å². The van der Waals surface area contributed by atoms with E-state index in [9.17, 15) is 4.79 Å². The summed E-state index contributed by atoms with van der Waals surface area (Å²) in [6.07, 6.45) is 0. The second-order valence-electron chi connectivity index (χ2n) is 9.12. The van der Waals surface area contributed by atoms with Gasteiger partial charge in [-0.1, -0.05) is 67.4 Å². The number of aryl methyl sites for hydroxylation is 2. The van der Waals surface area contributed by atoms with E-state index >= 15 is 0 Å². The lowest BCUT2D eigenvalue weighted by Gasteiger charge is -2.25. The molecule has 6 heteroatoms. The number of carbonyl (C=O) groups is 1. The van der Waals surface area contributed by atoms with Gasteiger partial charge in [-0.05, 0) is 62.2 Å². The van der Waals surface area contributed by atoms with Crippen LogP contribution in [0.4, 0.5) is 0 Å². The molecule has 1 heterocycles. The third-order valence-electron chi connectivity index (χ3n) is 5.67. The average Bonchev–Trinajstić information content (AvgIpc) is 3.14. The second-order valence-corrected chi connectivity index (χ2v) is 9.56. The summed E-state index contributed by atoms with van der Waals surface area (Å²) in [5.41, 5.74) is 4.23. The summed E-state index contributed by atoms with van der Waals surface area (Å²) in [7, 11) is 0. The van der Waals surface area contributed by atoms with Crippen molar-refractivity contribution in [3.63, 3.8) is 0 Å². The van der Waals surface area contributed by atoms with Gasteiger partial charge in [-0.25, -0.2) is 4.68 Å². The normalized spacial score (nSPS) is 11.0. The van der Waals surface area contributed by atoms with Gasteiger partial charge in [0.2, 0.25) is 5.88 Å². The monoisotopic (exact) mass is 487 g/mol. The van der Waals surface area contributed by atoms with Crippen molar-refractivity contribution in [3.05, 3.63) is 106 Å². The van der Waals surface area contributed by atoms with Crippen LogP contribution in [-0.4, -0.2) is 27.1 Å². The largest absolute Gasteiger partial charge is 0.439 e. The molecule has 5 nitrogen and oxygen atoms in total. The molecule has 1 aromatic heterocycles. The fourth-order valence-corrected chi connectivity index (χ4v) is 4.12. The van der Waals surface area contributed by atoms with Crippen LogP contribution in [0.2, 0.25) is 5.02 Å². The molecule has 0 unspecified atom stereocenters. The Morgan fingerprint density at radius 3 is 2.37 bits per heavy atom. The predicted molar refractivity (Wildman–Crippen MR) is 141 cm³/mol. The van der Waals surface area contributed by atoms with Crippen molar-refractivity contribution in [3.8, 4) is 17.3 Å². The molecule has 0 spiro atoms. The summed E-state index contributed by atoms with van der Waals surface area (Å²) in [5, 5.41) is 5.40. The molecule has 35 heavy (non-hydrogen) atoms. The Hall–Kier alpha value is -3.57. The van der Waals surface area contributed by atoms with Gasteiger partial charge in [-0.15, -0.1) is 0 Å². The average molecular weight is 488 g/mol. The van der Waals surface area contributed by atoms with Gasteiger partial charge in [0.25, 0.3) is 5.91 Å². The first-order chi connectivity index (χ1) is 16.8. The Kier molecular flexibility index (Phi) is 7.57. The molecule has 0 aliphatic carbocycles. The first-order valence-corrected chi connectivity index (χ1v) is 12.1. The molecule has 0 saturated heterocycles. The molecule has 180 valence electrons. The minimum Gasteiger partial charge on any atom is -0.439 e. The summed E-state index contributed by atoms with van der Waals surface area (Å²) in [4.78, 5) is 15.4. The van der Waals surface area contributed by atoms with E-state index in [4.69, 9.17) is 21.4 Å². The summed E-state index contributed by atoms with van der Waals surface area (Å²) in [5.74, 6) is 1.55. The molecule has 4 rings (SSSR count). The Morgan fingerprint density at radius 1 is 1.00 bits per heavy atom. The zero-order valence-corrected chi connectivity index (χ0v) is 21.3. The molecule has 0 saturated carbocycles. The fraction of sp³-hybridized carbons (Fsp3) is 0.241. The van der Waals surface area contributed by atoms with Crippen LogP contribution in [-0.2, 0) is 6.54 Å². The van der Waals surface area contributed by atoms with Crippen molar-refractivity contribution in [1.29, 1.82) is 0 Å². The summed E-state index contributed by atoms with van der Waals surface area (Å²) in [6.45, 7) is 9.16. The lowest BCUT2D eigenvalue weighted by molar-refractivity contribution is 0.0721. The van der Waals surface area contributed by atoms with Crippen molar-refractivity contribution in [2.75, 3.05) is 6.54 Å². The molecule has 1 amide bonds.